The molecule has 20 heavy (non-hydrogen) atoms. The zero-order valence-electron chi connectivity index (χ0n) is 10.2. The molecule has 1 heterocycles. The van der Waals surface area contributed by atoms with Crippen LogP contribution in [-0.4, -0.2) is 30.5 Å². The molecule has 0 fully saturated rings. The Morgan fingerprint density at radius 1 is 1.50 bits per heavy atom. The molecule has 0 saturated heterocycles. The molecular weight excluding hydrogens is 301 g/mol. The van der Waals surface area contributed by atoms with E-state index in [0.29, 0.717) is 5.75 Å². The first-order chi connectivity index (χ1) is 9.24. The first-order valence-corrected chi connectivity index (χ1v) is 5.94. The van der Waals surface area contributed by atoms with E-state index >= 15 is 0 Å². The maximum Gasteiger partial charge on any atom is 0.426 e. The molecule has 2 rings (SSSR count). The van der Waals surface area contributed by atoms with Crippen molar-refractivity contribution in [2.75, 3.05) is 7.11 Å². The lowest BCUT2D eigenvalue weighted by atomic mass is 9.90. The summed E-state index contributed by atoms with van der Waals surface area (Å²) in [6, 6.07) is 2.73. The second-order valence-electron chi connectivity index (χ2n) is 4.33. The van der Waals surface area contributed by atoms with E-state index in [4.69, 9.17) is 26.2 Å². The van der Waals surface area contributed by atoms with Crippen molar-refractivity contribution in [2.24, 2.45) is 5.92 Å². The second-order valence-corrected chi connectivity index (χ2v) is 4.73. The molecular formula is C12H10ClF3O4. The topological polar surface area (TPSA) is 55.8 Å². The van der Waals surface area contributed by atoms with Crippen LogP contribution in [0, 0.1) is 5.92 Å². The average Bonchev–Trinajstić information content (AvgIpc) is 2.35. The van der Waals surface area contributed by atoms with Crippen LogP contribution in [0.5, 0.6) is 11.5 Å². The van der Waals surface area contributed by atoms with Gasteiger partial charge >= 0.3 is 12.1 Å². The molecule has 1 aliphatic heterocycles. The molecule has 110 valence electrons. The van der Waals surface area contributed by atoms with Crippen LogP contribution in [0.4, 0.5) is 13.2 Å². The normalized spacial score (nSPS) is 21.9. The fourth-order valence-corrected chi connectivity index (χ4v) is 2.36. The lowest BCUT2D eigenvalue weighted by molar-refractivity contribution is -0.217. The van der Waals surface area contributed by atoms with Crippen molar-refractivity contribution in [1.82, 2.24) is 0 Å². The third kappa shape index (κ3) is 2.63. The minimum atomic E-state index is -4.79. The van der Waals surface area contributed by atoms with Gasteiger partial charge in [-0.15, -0.1) is 0 Å². The Hall–Kier alpha value is -1.63. The van der Waals surface area contributed by atoms with Gasteiger partial charge in [-0.05, 0) is 12.5 Å². The number of methoxy groups -OCH3 is 1. The minimum absolute atomic E-state index is 0.0440. The van der Waals surface area contributed by atoms with Gasteiger partial charge in [-0.1, -0.05) is 11.6 Å². The Morgan fingerprint density at radius 3 is 2.65 bits per heavy atom. The highest BCUT2D eigenvalue weighted by Crippen LogP contribution is 2.43. The third-order valence-electron chi connectivity index (χ3n) is 3.02. The lowest BCUT2D eigenvalue weighted by Gasteiger charge is -2.33. The summed E-state index contributed by atoms with van der Waals surface area (Å²) < 4.78 is 48.3. The van der Waals surface area contributed by atoms with Crippen LogP contribution in [0.15, 0.2) is 12.1 Å². The van der Waals surface area contributed by atoms with E-state index < -0.39 is 24.2 Å². The molecule has 1 N–H and O–H groups in total. The first kappa shape index (κ1) is 14.8. The van der Waals surface area contributed by atoms with Crippen LogP contribution in [0.25, 0.3) is 0 Å². The average molecular weight is 311 g/mol. The van der Waals surface area contributed by atoms with Crippen molar-refractivity contribution < 1.29 is 32.5 Å². The second kappa shape index (κ2) is 5.05. The van der Waals surface area contributed by atoms with Gasteiger partial charge in [0.15, 0.2) is 0 Å². The molecule has 4 nitrogen and oxygen atoms in total. The van der Waals surface area contributed by atoms with E-state index in [0.717, 1.165) is 0 Å². The highest BCUT2D eigenvalue weighted by atomic mass is 35.5. The van der Waals surface area contributed by atoms with E-state index in [1.54, 1.807) is 0 Å². The highest BCUT2D eigenvalue weighted by molar-refractivity contribution is 6.32. The standard InChI is InChI=1S/C12H10ClF3O4/c1-19-6-2-5-3-7(11(17)18)10(12(14,15)16)20-9(5)8(13)4-6/h2,4,7,10H,3H2,1H3,(H,17,18). The van der Waals surface area contributed by atoms with Crippen LogP contribution >= 0.6 is 11.6 Å². The molecule has 8 heteroatoms. The first-order valence-electron chi connectivity index (χ1n) is 5.56. The van der Waals surface area contributed by atoms with Crippen molar-refractivity contribution in [2.45, 2.75) is 18.7 Å². The summed E-state index contributed by atoms with van der Waals surface area (Å²) in [7, 11) is 1.37. The highest BCUT2D eigenvalue weighted by Gasteiger charge is 2.52. The van der Waals surface area contributed by atoms with Crippen LogP contribution in [0.1, 0.15) is 5.56 Å². The minimum Gasteiger partial charge on any atom is -0.497 e. The van der Waals surface area contributed by atoms with Gasteiger partial charge in [0.1, 0.15) is 17.4 Å². The summed E-state index contributed by atoms with van der Waals surface area (Å²) in [6.07, 6.45) is -7.53. The van der Waals surface area contributed by atoms with Crippen LogP contribution < -0.4 is 9.47 Å². The smallest absolute Gasteiger partial charge is 0.426 e. The monoisotopic (exact) mass is 310 g/mol. The number of carbonyl (C=O) groups is 1. The lowest BCUT2D eigenvalue weighted by Crippen LogP contribution is -2.47. The molecule has 0 amide bonds. The van der Waals surface area contributed by atoms with Crippen LogP contribution in [0.3, 0.4) is 0 Å². The Morgan fingerprint density at radius 2 is 2.15 bits per heavy atom. The zero-order chi connectivity index (χ0) is 15.1. The van der Waals surface area contributed by atoms with E-state index in [9.17, 15) is 18.0 Å². The number of alkyl halides is 3. The fourth-order valence-electron chi connectivity index (χ4n) is 2.09. The summed E-state index contributed by atoms with van der Waals surface area (Å²) in [5.41, 5.74) is 0.280. The number of halogens is 4. The number of fused-ring (bicyclic) bond motifs is 1. The van der Waals surface area contributed by atoms with Gasteiger partial charge in [-0.3, -0.25) is 4.79 Å². The summed E-state index contributed by atoms with van der Waals surface area (Å²) in [4.78, 5) is 11.0. The van der Waals surface area contributed by atoms with E-state index in [2.05, 4.69) is 0 Å². The van der Waals surface area contributed by atoms with Crippen molar-refractivity contribution in [3.8, 4) is 11.5 Å². The largest absolute Gasteiger partial charge is 0.497 e. The Bertz CT molecular complexity index is 544. The van der Waals surface area contributed by atoms with Crippen LogP contribution in [-0.2, 0) is 11.2 Å². The molecule has 1 aliphatic rings. The summed E-state index contributed by atoms with van der Waals surface area (Å²) in [5.74, 6) is -3.11. The van der Waals surface area contributed by atoms with Gasteiger partial charge in [0, 0.05) is 11.6 Å². The van der Waals surface area contributed by atoms with Crippen molar-refractivity contribution >= 4 is 17.6 Å². The molecule has 0 aliphatic carbocycles. The van der Waals surface area contributed by atoms with Crippen molar-refractivity contribution in [3.63, 3.8) is 0 Å². The third-order valence-corrected chi connectivity index (χ3v) is 3.30. The summed E-state index contributed by atoms with van der Waals surface area (Å²) in [5, 5.41) is 8.91. The number of hydrogen-bond acceptors (Lipinski definition) is 3. The van der Waals surface area contributed by atoms with E-state index in [1.807, 2.05) is 0 Å². The maximum absolute atomic E-state index is 12.9. The van der Waals surface area contributed by atoms with E-state index in [-0.39, 0.29) is 22.8 Å². The number of rotatable bonds is 2. The predicted molar refractivity (Wildman–Crippen MR) is 63.3 cm³/mol. The molecule has 1 aromatic rings. The van der Waals surface area contributed by atoms with Crippen LogP contribution in [0.2, 0.25) is 5.02 Å². The van der Waals surface area contributed by atoms with E-state index in [1.165, 1.54) is 19.2 Å². The summed E-state index contributed by atoms with van der Waals surface area (Å²) in [6.45, 7) is 0. The molecule has 0 aromatic heterocycles. The van der Waals surface area contributed by atoms with Gasteiger partial charge in [-0.2, -0.15) is 13.2 Å². The number of carboxylic acids is 1. The van der Waals surface area contributed by atoms with Gasteiger partial charge in [0.25, 0.3) is 0 Å². The molecule has 0 spiro atoms. The Balaban J connectivity index is 2.48. The Labute approximate surface area is 117 Å². The maximum atomic E-state index is 12.9. The zero-order valence-corrected chi connectivity index (χ0v) is 11.0. The van der Waals surface area contributed by atoms with Gasteiger partial charge in [-0.25, -0.2) is 0 Å². The molecule has 1 aromatic carbocycles. The molecule has 0 radical (unpaired) electrons. The SMILES string of the molecule is COc1cc(Cl)c2c(c1)CC(C(=O)O)C(C(F)(F)F)O2. The number of aliphatic carboxylic acids is 1. The number of ether oxygens (including phenoxy) is 2. The quantitative estimate of drug-likeness (QED) is 0.912. The number of carboxylic acid groups (broad SMARTS) is 1. The van der Waals surface area contributed by atoms with Gasteiger partial charge < -0.3 is 14.6 Å². The molecule has 0 bridgehead atoms. The van der Waals surface area contributed by atoms with Crippen molar-refractivity contribution in [3.05, 3.63) is 22.7 Å². The Kier molecular flexibility index (Phi) is 3.73. The molecule has 0 saturated carbocycles. The fraction of sp³-hybridized carbons (Fsp3) is 0.417. The number of benzene rings is 1. The number of hydrogen-bond donors (Lipinski definition) is 1. The molecule has 2 unspecified atom stereocenters. The van der Waals surface area contributed by atoms with Gasteiger partial charge in [0.05, 0.1) is 12.1 Å². The molecule has 2 atom stereocenters. The summed E-state index contributed by atoms with van der Waals surface area (Å²) >= 11 is 5.85. The van der Waals surface area contributed by atoms with Gasteiger partial charge in [0.2, 0.25) is 6.10 Å². The predicted octanol–water partition coefficient (Wildman–Crippen LogP) is 2.92. The van der Waals surface area contributed by atoms with Crippen molar-refractivity contribution in [1.29, 1.82) is 0 Å².